The summed E-state index contributed by atoms with van der Waals surface area (Å²) < 4.78 is 33.5. The lowest BCUT2D eigenvalue weighted by atomic mass is 10.2. The fourth-order valence-corrected chi connectivity index (χ4v) is 2.34. The molecule has 2 aromatic rings. The third-order valence-electron chi connectivity index (χ3n) is 3.29. The van der Waals surface area contributed by atoms with Gasteiger partial charge in [-0.25, -0.2) is 8.78 Å². The molecule has 5 heteroatoms. The van der Waals surface area contributed by atoms with Crippen molar-refractivity contribution in [1.82, 2.24) is 5.32 Å². The number of ether oxygens (including phenoxy) is 1. The summed E-state index contributed by atoms with van der Waals surface area (Å²) in [5.74, 6) is -0.204. The summed E-state index contributed by atoms with van der Waals surface area (Å²) in [6, 6.07) is 9.34. The van der Waals surface area contributed by atoms with Crippen LogP contribution in [0.15, 0.2) is 40.9 Å². The van der Waals surface area contributed by atoms with Gasteiger partial charge < -0.3 is 10.1 Å². The quantitative estimate of drug-likeness (QED) is 0.835. The molecule has 1 aliphatic rings. The summed E-state index contributed by atoms with van der Waals surface area (Å²) in [7, 11) is 0. The van der Waals surface area contributed by atoms with Gasteiger partial charge in [0.05, 0.1) is 0 Å². The Balaban J connectivity index is 1.82. The van der Waals surface area contributed by atoms with Gasteiger partial charge in [-0.2, -0.15) is 0 Å². The zero-order valence-electron chi connectivity index (χ0n) is 11.2. The van der Waals surface area contributed by atoms with Gasteiger partial charge in [0, 0.05) is 22.6 Å². The minimum Gasteiger partial charge on any atom is -0.454 e. The van der Waals surface area contributed by atoms with E-state index in [9.17, 15) is 8.78 Å². The van der Waals surface area contributed by atoms with Gasteiger partial charge in [0.2, 0.25) is 0 Å². The highest BCUT2D eigenvalue weighted by Gasteiger charge is 2.21. The first-order chi connectivity index (χ1) is 10.1. The molecule has 21 heavy (non-hydrogen) atoms. The monoisotopic (exact) mass is 353 g/mol. The van der Waals surface area contributed by atoms with Crippen LogP contribution in [-0.4, -0.2) is 6.04 Å². The molecule has 0 aliphatic heterocycles. The SMILES string of the molecule is Fc1ccc(Oc2ccc(Br)cc2F)c(CNC2CC2)c1. The number of rotatable bonds is 5. The molecular weight excluding hydrogens is 340 g/mol. The molecule has 0 atom stereocenters. The number of nitrogens with one attached hydrogen (secondary N) is 1. The molecule has 0 unspecified atom stereocenters. The molecule has 0 saturated heterocycles. The third kappa shape index (κ3) is 3.80. The third-order valence-corrected chi connectivity index (χ3v) is 3.79. The molecule has 3 rings (SSSR count). The van der Waals surface area contributed by atoms with E-state index in [0.717, 1.165) is 12.8 Å². The summed E-state index contributed by atoms with van der Waals surface area (Å²) >= 11 is 3.20. The Bertz CT molecular complexity index is 659. The van der Waals surface area contributed by atoms with Gasteiger partial charge in [0.1, 0.15) is 11.6 Å². The first-order valence-corrected chi connectivity index (χ1v) is 7.56. The van der Waals surface area contributed by atoms with E-state index >= 15 is 0 Å². The second kappa shape index (κ2) is 6.12. The predicted molar refractivity (Wildman–Crippen MR) is 80.4 cm³/mol. The van der Waals surface area contributed by atoms with Crippen LogP contribution in [0.4, 0.5) is 8.78 Å². The molecule has 1 aliphatic carbocycles. The highest BCUT2D eigenvalue weighted by atomic mass is 79.9. The topological polar surface area (TPSA) is 21.3 Å². The number of benzene rings is 2. The number of hydrogen-bond acceptors (Lipinski definition) is 2. The molecule has 0 aromatic heterocycles. The van der Waals surface area contributed by atoms with Crippen molar-refractivity contribution < 1.29 is 13.5 Å². The standard InChI is InChI=1S/C16H14BrF2NO/c17-11-1-5-16(14(19)8-11)21-15-6-2-12(18)7-10(15)9-20-13-3-4-13/h1-2,5-8,13,20H,3-4,9H2. The lowest BCUT2D eigenvalue weighted by molar-refractivity contribution is 0.434. The fourth-order valence-electron chi connectivity index (χ4n) is 2.00. The molecule has 0 radical (unpaired) electrons. The number of halogens is 3. The Morgan fingerprint density at radius 1 is 1.10 bits per heavy atom. The Morgan fingerprint density at radius 3 is 2.57 bits per heavy atom. The first-order valence-electron chi connectivity index (χ1n) is 6.76. The van der Waals surface area contributed by atoms with Crippen LogP contribution in [0.5, 0.6) is 11.5 Å². The second-order valence-electron chi connectivity index (χ2n) is 5.08. The van der Waals surface area contributed by atoms with Crippen LogP contribution < -0.4 is 10.1 Å². The molecule has 2 aromatic carbocycles. The van der Waals surface area contributed by atoms with Crippen LogP contribution in [0.1, 0.15) is 18.4 Å². The van der Waals surface area contributed by atoms with Crippen molar-refractivity contribution >= 4 is 15.9 Å². The van der Waals surface area contributed by atoms with Gasteiger partial charge in [-0.3, -0.25) is 0 Å². The Morgan fingerprint density at radius 2 is 1.86 bits per heavy atom. The first kappa shape index (κ1) is 14.5. The van der Waals surface area contributed by atoms with E-state index in [-0.39, 0.29) is 11.6 Å². The van der Waals surface area contributed by atoms with Crippen molar-refractivity contribution in [3.63, 3.8) is 0 Å². The van der Waals surface area contributed by atoms with Crippen molar-refractivity contribution in [3.05, 3.63) is 58.1 Å². The van der Waals surface area contributed by atoms with Crippen molar-refractivity contribution in [1.29, 1.82) is 0 Å². The van der Waals surface area contributed by atoms with E-state index < -0.39 is 5.82 Å². The minimum absolute atomic E-state index is 0.123. The molecule has 1 fully saturated rings. The Labute approximate surface area is 130 Å². The highest BCUT2D eigenvalue weighted by molar-refractivity contribution is 9.10. The van der Waals surface area contributed by atoms with Crippen LogP contribution in [0.2, 0.25) is 0 Å². The maximum Gasteiger partial charge on any atom is 0.166 e. The molecule has 1 saturated carbocycles. The lowest BCUT2D eigenvalue weighted by Gasteiger charge is -2.12. The van der Waals surface area contributed by atoms with Gasteiger partial charge >= 0.3 is 0 Å². The van der Waals surface area contributed by atoms with E-state index in [0.29, 0.717) is 28.4 Å². The highest BCUT2D eigenvalue weighted by Crippen LogP contribution is 2.30. The van der Waals surface area contributed by atoms with E-state index in [4.69, 9.17) is 4.74 Å². The van der Waals surface area contributed by atoms with E-state index in [1.807, 2.05) is 0 Å². The van der Waals surface area contributed by atoms with E-state index in [1.165, 1.54) is 24.3 Å². The Hall–Kier alpha value is -1.46. The van der Waals surface area contributed by atoms with Crippen molar-refractivity contribution in [2.45, 2.75) is 25.4 Å². The van der Waals surface area contributed by atoms with Crippen LogP contribution >= 0.6 is 15.9 Å². The largest absolute Gasteiger partial charge is 0.454 e. The summed E-state index contributed by atoms with van der Waals surface area (Å²) in [6.45, 7) is 0.510. The molecule has 0 bridgehead atoms. The molecule has 110 valence electrons. The summed E-state index contributed by atoms with van der Waals surface area (Å²) in [6.07, 6.45) is 2.29. The van der Waals surface area contributed by atoms with Crippen LogP contribution in [0.3, 0.4) is 0 Å². The van der Waals surface area contributed by atoms with Crippen LogP contribution in [0.25, 0.3) is 0 Å². The fraction of sp³-hybridized carbons (Fsp3) is 0.250. The Kier molecular flexibility index (Phi) is 4.22. The lowest BCUT2D eigenvalue weighted by Crippen LogP contribution is -2.16. The maximum absolute atomic E-state index is 13.8. The summed E-state index contributed by atoms with van der Waals surface area (Å²) in [5, 5.41) is 3.30. The maximum atomic E-state index is 13.8. The van der Waals surface area contributed by atoms with Gasteiger partial charge in [-0.1, -0.05) is 15.9 Å². The van der Waals surface area contributed by atoms with Crippen LogP contribution in [0, 0.1) is 11.6 Å². The molecular formula is C16H14BrF2NO. The minimum atomic E-state index is -0.463. The van der Waals surface area contributed by atoms with Gasteiger partial charge in [0.15, 0.2) is 11.6 Å². The van der Waals surface area contributed by atoms with Crippen molar-refractivity contribution in [3.8, 4) is 11.5 Å². The van der Waals surface area contributed by atoms with Crippen molar-refractivity contribution in [2.75, 3.05) is 0 Å². The van der Waals surface area contributed by atoms with Gasteiger partial charge in [0.25, 0.3) is 0 Å². The molecule has 0 heterocycles. The predicted octanol–water partition coefficient (Wildman–Crippen LogP) is 4.77. The second-order valence-corrected chi connectivity index (χ2v) is 6.00. The summed E-state index contributed by atoms with van der Waals surface area (Å²) in [5.41, 5.74) is 0.684. The molecule has 0 amide bonds. The molecule has 1 N–H and O–H groups in total. The van der Waals surface area contributed by atoms with E-state index in [1.54, 1.807) is 12.1 Å². The smallest absolute Gasteiger partial charge is 0.166 e. The normalized spacial score (nSPS) is 14.2. The van der Waals surface area contributed by atoms with Gasteiger partial charge in [-0.15, -0.1) is 0 Å². The molecule has 0 spiro atoms. The number of hydrogen-bond donors (Lipinski definition) is 1. The zero-order valence-corrected chi connectivity index (χ0v) is 12.8. The molecule has 2 nitrogen and oxygen atoms in total. The zero-order chi connectivity index (χ0) is 14.8. The van der Waals surface area contributed by atoms with Crippen LogP contribution in [-0.2, 0) is 6.54 Å². The van der Waals surface area contributed by atoms with Crippen molar-refractivity contribution in [2.24, 2.45) is 0 Å². The average Bonchev–Trinajstić information content (AvgIpc) is 3.26. The van der Waals surface area contributed by atoms with Gasteiger partial charge in [-0.05, 0) is 49.2 Å². The summed E-state index contributed by atoms with van der Waals surface area (Å²) in [4.78, 5) is 0. The van der Waals surface area contributed by atoms with E-state index in [2.05, 4.69) is 21.2 Å². The average molecular weight is 354 g/mol.